The fraction of sp³-hybridized carbons (Fsp3) is 0.294. The molecule has 2 aromatic rings. The minimum atomic E-state index is -0.239. The average molecular weight is 272 g/mol. The molecule has 0 aromatic heterocycles. The summed E-state index contributed by atoms with van der Waals surface area (Å²) < 4.78 is 13.4. The van der Waals surface area contributed by atoms with Gasteiger partial charge >= 0.3 is 0 Å². The second-order valence-corrected chi connectivity index (χ2v) is 4.99. The van der Waals surface area contributed by atoms with E-state index in [0.717, 1.165) is 24.3 Å². The normalized spacial score (nSPS) is 12.2. The van der Waals surface area contributed by atoms with Gasteiger partial charge in [0.1, 0.15) is 5.82 Å². The summed E-state index contributed by atoms with van der Waals surface area (Å²) in [5, 5.41) is 0. The molecule has 20 heavy (non-hydrogen) atoms. The van der Waals surface area contributed by atoms with E-state index >= 15 is 0 Å². The molecule has 0 bridgehead atoms. The summed E-state index contributed by atoms with van der Waals surface area (Å²) in [6.07, 6.45) is 0. The Balaban J connectivity index is 2.32. The second-order valence-electron chi connectivity index (χ2n) is 4.99. The van der Waals surface area contributed by atoms with E-state index in [4.69, 9.17) is 5.73 Å². The molecule has 0 saturated heterocycles. The van der Waals surface area contributed by atoms with Crippen molar-refractivity contribution in [2.24, 2.45) is 5.73 Å². The maximum Gasteiger partial charge on any atom is 0.123 e. The summed E-state index contributed by atoms with van der Waals surface area (Å²) in [6, 6.07) is 14.9. The van der Waals surface area contributed by atoms with E-state index in [1.807, 2.05) is 31.2 Å². The van der Waals surface area contributed by atoms with Crippen LogP contribution in [0.5, 0.6) is 0 Å². The van der Waals surface area contributed by atoms with Crippen LogP contribution in [-0.2, 0) is 6.54 Å². The topological polar surface area (TPSA) is 29.3 Å². The lowest BCUT2D eigenvalue weighted by molar-refractivity contribution is 0.621. The van der Waals surface area contributed by atoms with Crippen molar-refractivity contribution in [3.8, 4) is 0 Å². The molecule has 0 aliphatic carbocycles. The van der Waals surface area contributed by atoms with Crippen LogP contribution >= 0.6 is 0 Å². The predicted octanol–water partition coefficient (Wildman–Crippen LogP) is 3.87. The molecular weight excluding hydrogens is 251 g/mol. The Kier molecular flexibility index (Phi) is 4.74. The van der Waals surface area contributed by atoms with Crippen molar-refractivity contribution >= 4 is 5.69 Å². The molecule has 106 valence electrons. The van der Waals surface area contributed by atoms with Gasteiger partial charge in [0.2, 0.25) is 0 Å². The Morgan fingerprint density at radius 3 is 2.45 bits per heavy atom. The lowest BCUT2D eigenvalue weighted by atomic mass is 10.0. The van der Waals surface area contributed by atoms with Crippen LogP contribution < -0.4 is 10.6 Å². The highest BCUT2D eigenvalue weighted by molar-refractivity contribution is 5.55. The number of halogens is 1. The summed E-state index contributed by atoms with van der Waals surface area (Å²) in [5.74, 6) is -0.239. The molecule has 0 amide bonds. The number of anilines is 1. The number of hydrogen-bond acceptors (Lipinski definition) is 2. The van der Waals surface area contributed by atoms with Crippen LogP contribution in [0.3, 0.4) is 0 Å². The van der Waals surface area contributed by atoms with Gasteiger partial charge < -0.3 is 10.6 Å². The Hall–Kier alpha value is -1.87. The summed E-state index contributed by atoms with van der Waals surface area (Å²) in [7, 11) is 0. The second kappa shape index (κ2) is 6.53. The summed E-state index contributed by atoms with van der Waals surface area (Å²) >= 11 is 0. The Morgan fingerprint density at radius 2 is 1.85 bits per heavy atom. The predicted molar refractivity (Wildman–Crippen MR) is 82.2 cm³/mol. The SMILES string of the molecule is CCN(Cc1ccccc1)c1ccc(F)cc1[C@@H](C)N. The summed E-state index contributed by atoms with van der Waals surface area (Å²) in [5.41, 5.74) is 9.06. The highest BCUT2D eigenvalue weighted by Gasteiger charge is 2.14. The van der Waals surface area contributed by atoms with Crippen LogP contribution in [0.1, 0.15) is 31.0 Å². The van der Waals surface area contributed by atoms with Gasteiger partial charge in [-0.3, -0.25) is 0 Å². The highest BCUT2D eigenvalue weighted by Crippen LogP contribution is 2.27. The zero-order valence-electron chi connectivity index (χ0n) is 12.0. The fourth-order valence-corrected chi connectivity index (χ4v) is 2.35. The van der Waals surface area contributed by atoms with E-state index in [-0.39, 0.29) is 11.9 Å². The van der Waals surface area contributed by atoms with E-state index in [0.29, 0.717) is 0 Å². The minimum Gasteiger partial charge on any atom is -0.367 e. The number of nitrogens with two attached hydrogens (primary N) is 1. The van der Waals surface area contributed by atoms with Crippen molar-refractivity contribution in [2.45, 2.75) is 26.4 Å². The molecule has 0 heterocycles. The third-order valence-electron chi connectivity index (χ3n) is 3.42. The van der Waals surface area contributed by atoms with E-state index in [2.05, 4.69) is 24.0 Å². The van der Waals surface area contributed by atoms with Gasteiger partial charge in [-0.1, -0.05) is 30.3 Å². The quantitative estimate of drug-likeness (QED) is 0.895. The van der Waals surface area contributed by atoms with Crippen molar-refractivity contribution in [3.05, 3.63) is 65.5 Å². The Morgan fingerprint density at radius 1 is 1.15 bits per heavy atom. The monoisotopic (exact) mass is 272 g/mol. The zero-order chi connectivity index (χ0) is 14.5. The molecule has 3 heteroatoms. The molecule has 0 aliphatic rings. The van der Waals surface area contributed by atoms with Crippen LogP contribution in [0.15, 0.2) is 48.5 Å². The van der Waals surface area contributed by atoms with Crippen molar-refractivity contribution in [3.63, 3.8) is 0 Å². The zero-order valence-corrected chi connectivity index (χ0v) is 12.0. The van der Waals surface area contributed by atoms with E-state index < -0.39 is 0 Å². The molecule has 0 radical (unpaired) electrons. The van der Waals surface area contributed by atoms with Gasteiger partial charge in [0, 0.05) is 24.8 Å². The third kappa shape index (κ3) is 3.36. The van der Waals surface area contributed by atoms with Crippen LogP contribution in [-0.4, -0.2) is 6.54 Å². The van der Waals surface area contributed by atoms with Gasteiger partial charge in [0.05, 0.1) is 0 Å². The lowest BCUT2D eigenvalue weighted by Crippen LogP contribution is -2.24. The number of nitrogens with zero attached hydrogens (tertiary/aromatic N) is 1. The number of hydrogen-bond donors (Lipinski definition) is 1. The van der Waals surface area contributed by atoms with Gasteiger partial charge in [0.25, 0.3) is 0 Å². The Bertz CT molecular complexity index is 552. The molecular formula is C17H21FN2. The minimum absolute atomic E-state index is 0.189. The smallest absolute Gasteiger partial charge is 0.123 e. The molecule has 1 atom stereocenters. The lowest BCUT2D eigenvalue weighted by Gasteiger charge is -2.27. The number of rotatable bonds is 5. The first-order valence-electron chi connectivity index (χ1n) is 6.95. The van der Waals surface area contributed by atoms with Gasteiger partial charge in [0.15, 0.2) is 0 Å². The van der Waals surface area contributed by atoms with Gasteiger partial charge in [-0.05, 0) is 43.2 Å². The molecule has 0 spiro atoms. The maximum absolute atomic E-state index is 13.4. The number of benzene rings is 2. The van der Waals surface area contributed by atoms with Crippen molar-refractivity contribution in [1.29, 1.82) is 0 Å². The molecule has 2 rings (SSSR count). The van der Waals surface area contributed by atoms with Gasteiger partial charge in [-0.25, -0.2) is 4.39 Å². The van der Waals surface area contributed by atoms with Crippen molar-refractivity contribution in [1.82, 2.24) is 0 Å². The van der Waals surface area contributed by atoms with Gasteiger partial charge in [-0.2, -0.15) is 0 Å². The largest absolute Gasteiger partial charge is 0.367 e. The van der Waals surface area contributed by atoms with Crippen LogP contribution in [0.2, 0.25) is 0 Å². The van der Waals surface area contributed by atoms with E-state index in [1.165, 1.54) is 17.7 Å². The van der Waals surface area contributed by atoms with E-state index in [9.17, 15) is 4.39 Å². The maximum atomic E-state index is 13.4. The van der Waals surface area contributed by atoms with Crippen LogP contribution in [0, 0.1) is 5.82 Å². The standard InChI is InChI=1S/C17H21FN2/c1-3-20(12-14-7-5-4-6-8-14)17-10-9-15(18)11-16(17)13(2)19/h4-11,13H,3,12,19H2,1-2H3/t13-/m1/s1. The van der Waals surface area contributed by atoms with Crippen molar-refractivity contribution in [2.75, 3.05) is 11.4 Å². The molecule has 2 N–H and O–H groups in total. The van der Waals surface area contributed by atoms with Crippen molar-refractivity contribution < 1.29 is 4.39 Å². The first-order valence-corrected chi connectivity index (χ1v) is 6.95. The summed E-state index contributed by atoms with van der Waals surface area (Å²) in [4.78, 5) is 2.22. The molecule has 0 saturated carbocycles. The fourth-order valence-electron chi connectivity index (χ4n) is 2.35. The molecule has 0 unspecified atom stereocenters. The Labute approximate surface area is 120 Å². The molecule has 0 aliphatic heterocycles. The molecule has 2 aromatic carbocycles. The third-order valence-corrected chi connectivity index (χ3v) is 3.42. The van der Waals surface area contributed by atoms with Crippen LogP contribution in [0.4, 0.5) is 10.1 Å². The molecule has 0 fully saturated rings. The first-order chi connectivity index (χ1) is 9.61. The van der Waals surface area contributed by atoms with Crippen LogP contribution in [0.25, 0.3) is 0 Å². The summed E-state index contributed by atoms with van der Waals surface area (Å²) in [6.45, 7) is 5.62. The highest BCUT2D eigenvalue weighted by atomic mass is 19.1. The van der Waals surface area contributed by atoms with E-state index in [1.54, 1.807) is 0 Å². The molecule has 2 nitrogen and oxygen atoms in total. The van der Waals surface area contributed by atoms with Gasteiger partial charge in [-0.15, -0.1) is 0 Å². The first kappa shape index (κ1) is 14.5. The average Bonchev–Trinajstić information content (AvgIpc) is 2.46.